The van der Waals surface area contributed by atoms with Crippen molar-refractivity contribution < 1.29 is 9.85 Å². The van der Waals surface area contributed by atoms with E-state index in [1.54, 1.807) is 11.0 Å². The van der Waals surface area contributed by atoms with E-state index in [1.165, 1.54) is 18.2 Å². The molecular formula is C21H20N8O4. The summed E-state index contributed by atoms with van der Waals surface area (Å²) in [6, 6.07) is 7.49. The van der Waals surface area contributed by atoms with Crippen molar-refractivity contribution in [2.75, 3.05) is 16.4 Å². The largest absolute Gasteiger partial charge is 0.397 e. The fraction of sp³-hybridized carbons (Fsp3) is 0.333. The fourth-order valence-corrected chi connectivity index (χ4v) is 5.28. The van der Waals surface area contributed by atoms with Crippen molar-refractivity contribution in [1.82, 2.24) is 10.3 Å². The zero-order valence-corrected chi connectivity index (χ0v) is 17.4. The van der Waals surface area contributed by atoms with Gasteiger partial charge in [-0.25, -0.2) is 4.98 Å². The highest BCUT2D eigenvalue weighted by Gasteiger charge is 2.52. The number of nitrogens with zero attached hydrogens (tertiary/aromatic N) is 5. The molecule has 1 saturated carbocycles. The molecule has 3 unspecified atom stereocenters. The summed E-state index contributed by atoms with van der Waals surface area (Å²) in [4.78, 5) is 29.1. The number of rotatable bonds is 3. The number of anilines is 3. The minimum absolute atomic E-state index is 0.00540. The average Bonchev–Trinajstić information content (AvgIpc) is 3.17. The van der Waals surface area contributed by atoms with E-state index in [9.17, 15) is 25.5 Å². The highest BCUT2D eigenvalue weighted by molar-refractivity contribution is 5.80. The van der Waals surface area contributed by atoms with Crippen molar-refractivity contribution in [3.63, 3.8) is 0 Å². The molecule has 2 fully saturated rings. The molecule has 2 aliphatic heterocycles. The lowest BCUT2D eigenvalue weighted by atomic mass is 9.83. The third-order valence-electron chi connectivity index (χ3n) is 6.66. The molecule has 3 aliphatic rings. The molecule has 1 aliphatic carbocycles. The molecule has 12 nitrogen and oxygen atoms in total. The number of pyridine rings is 1. The van der Waals surface area contributed by atoms with E-state index in [2.05, 4.69) is 10.3 Å². The standard InChI is InChI=1S/C21H20N8O4/c22-9-12-17(23)16-15(10-4-3-5-11(8-10)28(30)31)18(29(32)33)21-25-13-6-1-2-7-14(13)27(21)20(16)26-19(12)24/h3-5,8,13-15,25H,1-2,6-7H2,(H4,23,24,26). The molecule has 0 amide bonds. The SMILES string of the molecule is N#Cc1c(N)nc2c(c1N)C(c1cccc([N+](=O)[O-])c1)C([N+](=O)[O-])=C1NC3CCCCC3N12. The van der Waals surface area contributed by atoms with E-state index in [0.717, 1.165) is 25.7 Å². The molecule has 3 atom stereocenters. The number of allylic oxidation sites excluding steroid dienone is 1. The Hall–Kier alpha value is -4.40. The number of hydrogen-bond donors (Lipinski definition) is 3. The van der Waals surface area contributed by atoms with Gasteiger partial charge in [-0.2, -0.15) is 5.26 Å². The van der Waals surface area contributed by atoms with Gasteiger partial charge in [0.05, 0.1) is 21.6 Å². The lowest BCUT2D eigenvalue weighted by molar-refractivity contribution is -0.430. The maximum absolute atomic E-state index is 12.4. The summed E-state index contributed by atoms with van der Waals surface area (Å²) >= 11 is 0. The van der Waals surface area contributed by atoms with E-state index >= 15 is 0 Å². The monoisotopic (exact) mass is 448 g/mol. The first-order valence-corrected chi connectivity index (χ1v) is 10.5. The average molecular weight is 448 g/mol. The Balaban J connectivity index is 1.85. The Bertz CT molecular complexity index is 1280. The zero-order chi connectivity index (χ0) is 23.4. The van der Waals surface area contributed by atoms with Crippen LogP contribution >= 0.6 is 0 Å². The van der Waals surface area contributed by atoms with Gasteiger partial charge in [-0.05, 0) is 18.4 Å². The number of benzene rings is 1. The number of nitro groups is 2. The molecule has 168 valence electrons. The van der Waals surface area contributed by atoms with Gasteiger partial charge in [0.25, 0.3) is 11.4 Å². The normalized spacial score (nSPS) is 23.1. The molecule has 0 radical (unpaired) electrons. The number of fused-ring (bicyclic) bond motifs is 5. The number of hydrogen-bond acceptors (Lipinski definition) is 10. The second kappa shape index (κ2) is 7.33. The number of aromatic nitrogens is 1. The van der Waals surface area contributed by atoms with Crippen LogP contribution < -0.4 is 21.7 Å². The van der Waals surface area contributed by atoms with E-state index in [4.69, 9.17) is 11.5 Å². The number of nitrogens with two attached hydrogens (primary N) is 2. The summed E-state index contributed by atoms with van der Waals surface area (Å²) in [7, 11) is 0. The fourth-order valence-electron chi connectivity index (χ4n) is 5.28. The van der Waals surface area contributed by atoms with Gasteiger partial charge in [0.2, 0.25) is 0 Å². The topological polar surface area (TPSA) is 190 Å². The van der Waals surface area contributed by atoms with Crippen LogP contribution in [0.4, 0.5) is 23.0 Å². The van der Waals surface area contributed by atoms with Gasteiger partial charge >= 0.3 is 0 Å². The Labute approximate surface area is 187 Å². The number of nitriles is 1. The van der Waals surface area contributed by atoms with Crippen LogP contribution in [0, 0.1) is 31.6 Å². The van der Waals surface area contributed by atoms with Gasteiger partial charge < -0.3 is 21.7 Å². The second-order valence-electron chi connectivity index (χ2n) is 8.38. The predicted octanol–water partition coefficient (Wildman–Crippen LogP) is 2.34. The summed E-state index contributed by atoms with van der Waals surface area (Å²) < 4.78 is 0. The number of nitrogen functional groups attached to an aromatic ring is 2. The third kappa shape index (κ3) is 2.93. The molecule has 1 aromatic carbocycles. The van der Waals surface area contributed by atoms with Crippen LogP contribution in [0.5, 0.6) is 0 Å². The lowest BCUT2D eigenvalue weighted by Crippen LogP contribution is -2.41. The van der Waals surface area contributed by atoms with Gasteiger partial charge in [0.15, 0.2) is 5.82 Å². The second-order valence-corrected chi connectivity index (χ2v) is 8.38. The van der Waals surface area contributed by atoms with E-state index in [-0.39, 0.29) is 46.1 Å². The Kier molecular flexibility index (Phi) is 4.56. The Morgan fingerprint density at radius 1 is 1.18 bits per heavy atom. The molecule has 12 heteroatoms. The van der Waals surface area contributed by atoms with Crippen molar-refractivity contribution in [2.24, 2.45) is 0 Å². The van der Waals surface area contributed by atoms with Crippen molar-refractivity contribution in [1.29, 1.82) is 5.26 Å². The van der Waals surface area contributed by atoms with Crippen molar-refractivity contribution in [3.8, 4) is 6.07 Å². The van der Waals surface area contributed by atoms with Crippen molar-refractivity contribution in [3.05, 3.63) is 72.7 Å². The molecule has 1 saturated heterocycles. The van der Waals surface area contributed by atoms with Crippen LogP contribution in [0.3, 0.4) is 0 Å². The summed E-state index contributed by atoms with van der Waals surface area (Å²) in [5.74, 6) is -0.483. The third-order valence-corrected chi connectivity index (χ3v) is 6.66. The quantitative estimate of drug-likeness (QED) is 0.464. The first-order chi connectivity index (χ1) is 15.8. The predicted molar refractivity (Wildman–Crippen MR) is 118 cm³/mol. The van der Waals surface area contributed by atoms with Crippen LogP contribution in [0.2, 0.25) is 0 Å². The maximum atomic E-state index is 12.4. The first kappa shape index (κ1) is 20.5. The molecule has 1 aromatic heterocycles. The summed E-state index contributed by atoms with van der Waals surface area (Å²) in [6.45, 7) is 0. The highest BCUT2D eigenvalue weighted by atomic mass is 16.6. The van der Waals surface area contributed by atoms with Crippen LogP contribution in [-0.2, 0) is 0 Å². The Morgan fingerprint density at radius 3 is 2.64 bits per heavy atom. The van der Waals surface area contributed by atoms with Crippen molar-refractivity contribution in [2.45, 2.75) is 43.7 Å². The molecule has 0 bridgehead atoms. The van der Waals surface area contributed by atoms with Gasteiger partial charge in [-0.15, -0.1) is 0 Å². The van der Waals surface area contributed by atoms with E-state index < -0.39 is 15.8 Å². The van der Waals surface area contributed by atoms with E-state index in [0.29, 0.717) is 17.2 Å². The summed E-state index contributed by atoms with van der Waals surface area (Å²) in [5, 5.41) is 36.8. The van der Waals surface area contributed by atoms with Crippen LogP contribution in [0.1, 0.15) is 48.3 Å². The highest BCUT2D eigenvalue weighted by Crippen LogP contribution is 2.51. The first-order valence-electron chi connectivity index (χ1n) is 10.5. The molecular weight excluding hydrogens is 428 g/mol. The molecule has 33 heavy (non-hydrogen) atoms. The van der Waals surface area contributed by atoms with Gasteiger partial charge in [0.1, 0.15) is 29.2 Å². The molecule has 5 rings (SSSR count). The Morgan fingerprint density at radius 2 is 1.94 bits per heavy atom. The molecule has 3 heterocycles. The van der Waals surface area contributed by atoms with Crippen LogP contribution in [0.15, 0.2) is 35.8 Å². The number of nitro benzene ring substituents is 1. The van der Waals surface area contributed by atoms with Gasteiger partial charge in [0, 0.05) is 23.7 Å². The van der Waals surface area contributed by atoms with Crippen LogP contribution in [0.25, 0.3) is 0 Å². The van der Waals surface area contributed by atoms with Crippen LogP contribution in [-0.4, -0.2) is 26.9 Å². The zero-order valence-electron chi connectivity index (χ0n) is 17.4. The minimum atomic E-state index is -1.07. The number of non-ortho nitro benzene ring substituents is 1. The summed E-state index contributed by atoms with van der Waals surface area (Å²) in [5.41, 5.74) is 12.5. The summed E-state index contributed by atoms with van der Waals surface area (Å²) in [6.07, 6.45) is 3.60. The number of nitrogens with one attached hydrogen (secondary N) is 1. The molecule has 2 aromatic rings. The molecule has 5 N–H and O–H groups in total. The smallest absolute Gasteiger partial charge is 0.298 e. The minimum Gasteiger partial charge on any atom is -0.397 e. The van der Waals surface area contributed by atoms with Gasteiger partial charge in [-0.1, -0.05) is 25.0 Å². The van der Waals surface area contributed by atoms with Gasteiger partial charge in [-0.3, -0.25) is 20.2 Å². The molecule has 0 spiro atoms. The van der Waals surface area contributed by atoms with E-state index in [1.807, 2.05) is 6.07 Å². The van der Waals surface area contributed by atoms with Crippen molar-refractivity contribution >= 4 is 23.0 Å². The lowest BCUT2D eigenvalue weighted by Gasteiger charge is -2.36. The maximum Gasteiger partial charge on any atom is 0.298 e.